The Kier molecular flexibility index (Phi) is 8.97. The molecule has 0 rings (SSSR count). The molecule has 0 aromatic carbocycles. The minimum Gasteiger partial charge on any atom is -0.468 e. The van der Waals surface area contributed by atoms with Gasteiger partial charge in [0.25, 0.3) is 0 Å². The monoisotopic (exact) mass is 256 g/mol. The van der Waals surface area contributed by atoms with Gasteiger partial charge in [-0.1, -0.05) is 38.8 Å². The molecule has 0 aromatic heterocycles. The number of hydrogen-bond donors (Lipinski definition) is 0. The summed E-state index contributed by atoms with van der Waals surface area (Å²) in [5.41, 5.74) is 0. The Hall–Kier alpha value is -1.32. The summed E-state index contributed by atoms with van der Waals surface area (Å²) in [6.07, 6.45) is 7.58. The van der Waals surface area contributed by atoms with Gasteiger partial charge in [0.2, 0.25) is 0 Å². The van der Waals surface area contributed by atoms with Crippen molar-refractivity contribution in [3.05, 3.63) is 12.2 Å². The van der Waals surface area contributed by atoms with Crippen LogP contribution in [0, 0.1) is 11.8 Å². The van der Waals surface area contributed by atoms with Gasteiger partial charge in [0.05, 0.1) is 14.2 Å². The predicted molar refractivity (Wildman–Crippen MR) is 70.0 cm³/mol. The number of esters is 2. The SMILES string of the molecule is CCCC=CC(CCC)C(C(=O)OC)C(=O)OC. The van der Waals surface area contributed by atoms with E-state index in [1.54, 1.807) is 0 Å². The van der Waals surface area contributed by atoms with E-state index in [1.807, 2.05) is 19.1 Å². The van der Waals surface area contributed by atoms with Gasteiger partial charge in [0.1, 0.15) is 0 Å². The average Bonchev–Trinajstić information content (AvgIpc) is 2.38. The van der Waals surface area contributed by atoms with Gasteiger partial charge in [0.15, 0.2) is 5.92 Å². The third kappa shape index (κ3) is 5.34. The lowest BCUT2D eigenvalue weighted by atomic mass is 9.87. The second-order valence-corrected chi connectivity index (χ2v) is 4.19. The van der Waals surface area contributed by atoms with Gasteiger partial charge >= 0.3 is 11.9 Å². The number of allylic oxidation sites excluding steroid dienone is 2. The Labute approximate surface area is 109 Å². The average molecular weight is 256 g/mol. The summed E-state index contributed by atoms with van der Waals surface area (Å²) in [6.45, 7) is 4.10. The summed E-state index contributed by atoms with van der Waals surface area (Å²) in [4.78, 5) is 23.4. The Morgan fingerprint density at radius 3 is 2.00 bits per heavy atom. The zero-order valence-electron chi connectivity index (χ0n) is 11.8. The van der Waals surface area contributed by atoms with Gasteiger partial charge < -0.3 is 9.47 Å². The topological polar surface area (TPSA) is 52.6 Å². The lowest BCUT2D eigenvalue weighted by molar-refractivity contribution is -0.160. The van der Waals surface area contributed by atoms with Crippen LogP contribution in [-0.2, 0) is 19.1 Å². The van der Waals surface area contributed by atoms with Gasteiger partial charge in [-0.2, -0.15) is 0 Å². The van der Waals surface area contributed by atoms with E-state index in [9.17, 15) is 9.59 Å². The zero-order chi connectivity index (χ0) is 14.0. The molecule has 4 nitrogen and oxygen atoms in total. The molecule has 0 aliphatic heterocycles. The van der Waals surface area contributed by atoms with Crippen LogP contribution in [0.15, 0.2) is 12.2 Å². The molecule has 0 aromatic rings. The number of carbonyl (C=O) groups excluding carboxylic acids is 2. The smallest absolute Gasteiger partial charge is 0.320 e. The second kappa shape index (κ2) is 9.68. The van der Waals surface area contributed by atoms with Crippen molar-refractivity contribution in [2.24, 2.45) is 11.8 Å². The van der Waals surface area contributed by atoms with E-state index < -0.39 is 17.9 Å². The highest BCUT2D eigenvalue weighted by molar-refractivity contribution is 5.95. The molecule has 4 heteroatoms. The molecule has 1 unspecified atom stereocenters. The fourth-order valence-corrected chi connectivity index (χ4v) is 1.84. The summed E-state index contributed by atoms with van der Waals surface area (Å²) >= 11 is 0. The first-order chi connectivity index (χ1) is 8.62. The lowest BCUT2D eigenvalue weighted by Crippen LogP contribution is -2.32. The number of carbonyl (C=O) groups is 2. The van der Waals surface area contributed by atoms with Crippen LogP contribution < -0.4 is 0 Å². The van der Waals surface area contributed by atoms with Crippen LogP contribution in [-0.4, -0.2) is 26.2 Å². The van der Waals surface area contributed by atoms with Crippen LogP contribution in [0.1, 0.15) is 39.5 Å². The molecular formula is C14H24O4. The molecule has 0 aliphatic carbocycles. The van der Waals surface area contributed by atoms with Crippen molar-refractivity contribution in [2.75, 3.05) is 14.2 Å². The van der Waals surface area contributed by atoms with Gasteiger partial charge in [0, 0.05) is 5.92 Å². The molecule has 0 aliphatic rings. The highest BCUT2D eigenvalue weighted by Crippen LogP contribution is 2.22. The number of unbranched alkanes of at least 4 members (excludes halogenated alkanes) is 1. The summed E-state index contributed by atoms with van der Waals surface area (Å²) < 4.78 is 9.39. The van der Waals surface area contributed by atoms with Crippen LogP contribution in [0.2, 0.25) is 0 Å². The minimum atomic E-state index is -0.854. The molecule has 18 heavy (non-hydrogen) atoms. The molecule has 0 saturated heterocycles. The Bertz CT molecular complexity index is 268. The zero-order valence-corrected chi connectivity index (χ0v) is 11.8. The van der Waals surface area contributed by atoms with Gasteiger partial charge in [-0.15, -0.1) is 0 Å². The van der Waals surface area contributed by atoms with Crippen molar-refractivity contribution < 1.29 is 19.1 Å². The maximum Gasteiger partial charge on any atom is 0.320 e. The minimum absolute atomic E-state index is 0.151. The predicted octanol–water partition coefficient (Wildman–Crippen LogP) is 2.72. The normalized spacial score (nSPS) is 12.7. The van der Waals surface area contributed by atoms with E-state index in [1.165, 1.54) is 14.2 Å². The van der Waals surface area contributed by atoms with Crippen molar-refractivity contribution in [1.82, 2.24) is 0 Å². The van der Waals surface area contributed by atoms with Gasteiger partial charge in [-0.25, -0.2) is 0 Å². The van der Waals surface area contributed by atoms with E-state index in [0.29, 0.717) is 0 Å². The van der Waals surface area contributed by atoms with Crippen LogP contribution in [0.5, 0.6) is 0 Å². The van der Waals surface area contributed by atoms with Crippen molar-refractivity contribution in [1.29, 1.82) is 0 Å². The molecule has 0 bridgehead atoms. The molecular weight excluding hydrogens is 232 g/mol. The van der Waals surface area contributed by atoms with Crippen molar-refractivity contribution in [3.8, 4) is 0 Å². The number of methoxy groups -OCH3 is 2. The quantitative estimate of drug-likeness (QED) is 0.380. The Morgan fingerprint density at radius 2 is 1.61 bits per heavy atom. The van der Waals surface area contributed by atoms with E-state index in [-0.39, 0.29) is 5.92 Å². The summed E-state index contributed by atoms with van der Waals surface area (Å²) in [6, 6.07) is 0. The van der Waals surface area contributed by atoms with E-state index in [0.717, 1.165) is 25.7 Å². The molecule has 104 valence electrons. The standard InChI is InChI=1S/C14H24O4/c1-5-7-8-10-11(9-6-2)12(13(15)17-3)14(16)18-4/h8,10-12H,5-7,9H2,1-4H3. The first-order valence-electron chi connectivity index (χ1n) is 6.44. The molecule has 0 N–H and O–H groups in total. The van der Waals surface area contributed by atoms with Crippen LogP contribution in [0.25, 0.3) is 0 Å². The van der Waals surface area contributed by atoms with Gasteiger partial charge in [-0.05, 0) is 12.8 Å². The van der Waals surface area contributed by atoms with Crippen molar-refractivity contribution in [2.45, 2.75) is 39.5 Å². The van der Waals surface area contributed by atoms with Crippen molar-refractivity contribution >= 4 is 11.9 Å². The van der Waals surface area contributed by atoms with Crippen molar-refractivity contribution in [3.63, 3.8) is 0 Å². The number of rotatable bonds is 8. The summed E-state index contributed by atoms with van der Waals surface area (Å²) in [5.74, 6) is -2.06. The van der Waals surface area contributed by atoms with E-state index in [4.69, 9.17) is 9.47 Å². The number of hydrogen-bond acceptors (Lipinski definition) is 4. The Morgan fingerprint density at radius 1 is 1.06 bits per heavy atom. The maximum absolute atomic E-state index is 11.7. The lowest BCUT2D eigenvalue weighted by Gasteiger charge is -2.20. The molecule has 0 spiro atoms. The molecule has 0 amide bonds. The van der Waals surface area contributed by atoms with Gasteiger partial charge in [-0.3, -0.25) is 9.59 Å². The second-order valence-electron chi connectivity index (χ2n) is 4.19. The van der Waals surface area contributed by atoms with Crippen LogP contribution in [0.3, 0.4) is 0 Å². The Balaban J connectivity index is 4.95. The molecule has 0 fully saturated rings. The highest BCUT2D eigenvalue weighted by Gasteiger charge is 2.34. The summed E-state index contributed by atoms with van der Waals surface area (Å²) in [7, 11) is 2.58. The van der Waals surface area contributed by atoms with Crippen LogP contribution >= 0.6 is 0 Å². The third-order valence-electron chi connectivity index (χ3n) is 2.80. The molecule has 0 heterocycles. The maximum atomic E-state index is 11.7. The highest BCUT2D eigenvalue weighted by atomic mass is 16.5. The fraction of sp³-hybridized carbons (Fsp3) is 0.714. The van der Waals surface area contributed by atoms with Crippen LogP contribution in [0.4, 0.5) is 0 Å². The molecule has 0 radical (unpaired) electrons. The molecule has 0 saturated carbocycles. The first-order valence-corrected chi connectivity index (χ1v) is 6.44. The summed E-state index contributed by atoms with van der Waals surface area (Å²) in [5, 5.41) is 0. The largest absolute Gasteiger partial charge is 0.468 e. The molecule has 1 atom stereocenters. The number of ether oxygens (including phenoxy) is 2. The fourth-order valence-electron chi connectivity index (χ4n) is 1.84. The third-order valence-corrected chi connectivity index (χ3v) is 2.80. The van der Waals surface area contributed by atoms with E-state index in [2.05, 4.69) is 6.92 Å². The van der Waals surface area contributed by atoms with E-state index >= 15 is 0 Å². The first kappa shape index (κ1) is 16.7.